The average molecular weight is 402 g/mol. The Balaban J connectivity index is 1.58. The molecule has 0 atom stereocenters. The Hall–Kier alpha value is -3.52. The first-order valence-corrected chi connectivity index (χ1v) is 9.96. The Morgan fingerprint density at radius 2 is 1.83 bits per heavy atom. The van der Waals surface area contributed by atoms with Gasteiger partial charge >= 0.3 is 0 Å². The van der Waals surface area contributed by atoms with Crippen LogP contribution in [0.1, 0.15) is 5.56 Å². The molecular weight excluding hydrogens is 384 g/mol. The second-order valence-corrected chi connectivity index (χ2v) is 7.16. The quantitative estimate of drug-likeness (QED) is 0.494. The molecule has 0 bridgehead atoms. The van der Waals surface area contributed by atoms with Crippen LogP contribution in [-0.4, -0.2) is 36.4 Å². The van der Waals surface area contributed by atoms with E-state index in [0.717, 1.165) is 16.9 Å². The average Bonchev–Trinajstić information content (AvgIpc) is 3.19. The van der Waals surface area contributed by atoms with E-state index in [1.165, 1.54) is 11.8 Å². The fourth-order valence-corrected chi connectivity index (χ4v) is 3.54. The number of benzene rings is 2. The zero-order valence-electron chi connectivity index (χ0n) is 15.7. The number of rotatable bonds is 6. The van der Waals surface area contributed by atoms with Crippen molar-refractivity contribution in [2.75, 3.05) is 11.1 Å². The monoisotopic (exact) mass is 402 g/mol. The van der Waals surface area contributed by atoms with Crippen molar-refractivity contribution < 1.29 is 4.79 Å². The Kier molecular flexibility index (Phi) is 5.62. The van der Waals surface area contributed by atoms with Crippen molar-refractivity contribution in [1.29, 1.82) is 0 Å². The van der Waals surface area contributed by atoms with Crippen LogP contribution in [0.25, 0.3) is 17.2 Å². The summed E-state index contributed by atoms with van der Waals surface area (Å²) in [5.41, 5.74) is 3.33. The van der Waals surface area contributed by atoms with E-state index in [1.54, 1.807) is 18.6 Å². The Morgan fingerprint density at radius 3 is 2.59 bits per heavy atom. The van der Waals surface area contributed by atoms with Gasteiger partial charge in [-0.1, -0.05) is 48.2 Å². The largest absolute Gasteiger partial charge is 0.325 e. The number of carbonyl (C=O) groups is 1. The second kappa shape index (κ2) is 8.66. The number of anilines is 1. The van der Waals surface area contributed by atoms with Gasteiger partial charge in [0.1, 0.15) is 5.69 Å². The number of hydrogen-bond acceptors (Lipinski definition) is 6. The molecule has 7 nitrogen and oxygen atoms in total. The number of para-hydroxylation sites is 2. The number of aryl methyl sites for hydroxylation is 1. The van der Waals surface area contributed by atoms with Crippen LogP contribution in [-0.2, 0) is 4.79 Å². The minimum absolute atomic E-state index is 0.104. The fraction of sp³-hybridized carbons (Fsp3) is 0.0952. The van der Waals surface area contributed by atoms with Gasteiger partial charge in [0.25, 0.3) is 0 Å². The van der Waals surface area contributed by atoms with Gasteiger partial charge in [-0.3, -0.25) is 14.3 Å². The molecule has 8 heteroatoms. The summed E-state index contributed by atoms with van der Waals surface area (Å²) in [4.78, 5) is 20.9. The van der Waals surface area contributed by atoms with Crippen molar-refractivity contribution in [3.05, 3.63) is 78.8 Å². The van der Waals surface area contributed by atoms with Gasteiger partial charge in [-0.05, 0) is 30.7 Å². The summed E-state index contributed by atoms with van der Waals surface area (Å²) in [6.07, 6.45) is 4.86. The Labute approximate surface area is 172 Å². The summed E-state index contributed by atoms with van der Waals surface area (Å²) in [5.74, 6) is 0.679. The number of amides is 1. The van der Waals surface area contributed by atoms with Gasteiger partial charge in [-0.15, -0.1) is 10.2 Å². The van der Waals surface area contributed by atoms with E-state index in [1.807, 2.05) is 66.1 Å². The van der Waals surface area contributed by atoms with Gasteiger partial charge < -0.3 is 5.32 Å². The minimum Gasteiger partial charge on any atom is -0.325 e. The summed E-state index contributed by atoms with van der Waals surface area (Å²) in [7, 11) is 0. The summed E-state index contributed by atoms with van der Waals surface area (Å²) in [6.45, 7) is 1.96. The lowest BCUT2D eigenvalue weighted by atomic mass is 10.2. The molecule has 0 unspecified atom stereocenters. The maximum Gasteiger partial charge on any atom is 0.234 e. The predicted molar refractivity (Wildman–Crippen MR) is 113 cm³/mol. The summed E-state index contributed by atoms with van der Waals surface area (Å²) < 4.78 is 1.88. The van der Waals surface area contributed by atoms with E-state index in [2.05, 4.69) is 25.5 Å². The molecule has 29 heavy (non-hydrogen) atoms. The normalized spacial score (nSPS) is 10.7. The number of nitrogens with zero attached hydrogens (tertiary/aromatic N) is 5. The molecule has 0 spiro atoms. The lowest BCUT2D eigenvalue weighted by Crippen LogP contribution is -2.15. The van der Waals surface area contributed by atoms with Gasteiger partial charge in [-0.25, -0.2) is 4.98 Å². The molecule has 144 valence electrons. The highest BCUT2D eigenvalue weighted by molar-refractivity contribution is 7.99. The maximum absolute atomic E-state index is 12.5. The van der Waals surface area contributed by atoms with Gasteiger partial charge in [-0.2, -0.15) is 0 Å². The summed E-state index contributed by atoms with van der Waals surface area (Å²) in [5, 5.41) is 12.1. The lowest BCUT2D eigenvalue weighted by Gasteiger charge is -2.10. The molecule has 0 aliphatic rings. The van der Waals surface area contributed by atoms with Crippen LogP contribution < -0.4 is 5.32 Å². The van der Waals surface area contributed by atoms with Crippen LogP contribution in [0.5, 0.6) is 0 Å². The predicted octanol–water partition coefficient (Wildman–Crippen LogP) is 3.76. The van der Waals surface area contributed by atoms with E-state index in [4.69, 9.17) is 0 Å². The smallest absolute Gasteiger partial charge is 0.234 e. The molecule has 0 saturated carbocycles. The van der Waals surface area contributed by atoms with Crippen LogP contribution in [0.3, 0.4) is 0 Å². The highest BCUT2D eigenvalue weighted by Gasteiger charge is 2.18. The third kappa shape index (κ3) is 4.33. The van der Waals surface area contributed by atoms with E-state index >= 15 is 0 Å². The Morgan fingerprint density at radius 1 is 1.03 bits per heavy atom. The highest BCUT2D eigenvalue weighted by Crippen LogP contribution is 2.26. The molecule has 4 rings (SSSR count). The minimum atomic E-state index is -0.104. The maximum atomic E-state index is 12.5. The number of nitrogens with one attached hydrogen (secondary N) is 1. The fourth-order valence-electron chi connectivity index (χ4n) is 2.78. The number of carbonyl (C=O) groups excluding carboxylic acids is 1. The van der Waals surface area contributed by atoms with Crippen LogP contribution in [0, 0.1) is 6.92 Å². The standard InChI is InChI=1S/C21H18N6OS/c1-15-7-5-6-10-17(15)24-19(28)14-29-21-26-25-20(18-13-22-11-12-23-18)27(21)16-8-3-2-4-9-16/h2-13H,14H2,1H3,(H,24,28). The molecular formula is C21H18N6OS. The van der Waals surface area contributed by atoms with Crippen molar-refractivity contribution >= 4 is 23.4 Å². The summed E-state index contributed by atoms with van der Waals surface area (Å²) in [6, 6.07) is 17.4. The molecule has 2 heterocycles. The highest BCUT2D eigenvalue weighted by atomic mass is 32.2. The molecule has 2 aromatic heterocycles. The van der Waals surface area contributed by atoms with Crippen LogP contribution in [0.2, 0.25) is 0 Å². The van der Waals surface area contributed by atoms with E-state index in [-0.39, 0.29) is 11.7 Å². The first-order valence-electron chi connectivity index (χ1n) is 8.98. The van der Waals surface area contributed by atoms with Crippen molar-refractivity contribution in [3.63, 3.8) is 0 Å². The number of aromatic nitrogens is 5. The van der Waals surface area contributed by atoms with Gasteiger partial charge in [0.2, 0.25) is 5.91 Å². The van der Waals surface area contributed by atoms with Gasteiger partial charge in [0, 0.05) is 23.8 Å². The van der Waals surface area contributed by atoms with Gasteiger partial charge in [0.15, 0.2) is 11.0 Å². The van der Waals surface area contributed by atoms with Crippen molar-refractivity contribution in [2.45, 2.75) is 12.1 Å². The Bertz CT molecular complexity index is 1110. The second-order valence-electron chi connectivity index (χ2n) is 6.22. The van der Waals surface area contributed by atoms with Crippen LogP contribution in [0.15, 0.2) is 78.3 Å². The van der Waals surface area contributed by atoms with Crippen molar-refractivity contribution in [2.24, 2.45) is 0 Å². The van der Waals surface area contributed by atoms with Gasteiger partial charge in [0.05, 0.1) is 11.9 Å². The third-order valence-electron chi connectivity index (χ3n) is 4.19. The van der Waals surface area contributed by atoms with Crippen LogP contribution >= 0.6 is 11.8 Å². The molecule has 0 radical (unpaired) electrons. The number of hydrogen-bond donors (Lipinski definition) is 1. The van der Waals surface area contributed by atoms with E-state index in [0.29, 0.717) is 16.7 Å². The zero-order chi connectivity index (χ0) is 20.1. The molecule has 0 saturated heterocycles. The molecule has 4 aromatic rings. The molecule has 0 fully saturated rings. The number of thioether (sulfide) groups is 1. The SMILES string of the molecule is Cc1ccccc1NC(=O)CSc1nnc(-c2cnccn2)n1-c1ccccc1. The lowest BCUT2D eigenvalue weighted by molar-refractivity contribution is -0.113. The molecule has 2 aromatic carbocycles. The van der Waals surface area contributed by atoms with Crippen molar-refractivity contribution in [1.82, 2.24) is 24.7 Å². The summed E-state index contributed by atoms with van der Waals surface area (Å²) >= 11 is 1.32. The molecule has 1 amide bonds. The van der Waals surface area contributed by atoms with Crippen molar-refractivity contribution in [3.8, 4) is 17.2 Å². The third-order valence-corrected chi connectivity index (χ3v) is 5.12. The first kappa shape index (κ1) is 18.8. The topological polar surface area (TPSA) is 85.6 Å². The molecule has 0 aliphatic heterocycles. The first-order chi connectivity index (χ1) is 14.2. The van der Waals surface area contributed by atoms with E-state index in [9.17, 15) is 4.79 Å². The van der Waals surface area contributed by atoms with E-state index < -0.39 is 0 Å². The zero-order valence-corrected chi connectivity index (χ0v) is 16.5. The van der Waals surface area contributed by atoms with Crippen LogP contribution in [0.4, 0.5) is 5.69 Å². The molecule has 1 N–H and O–H groups in total. The molecule has 0 aliphatic carbocycles.